The van der Waals surface area contributed by atoms with E-state index in [1.54, 1.807) is 35.7 Å². The van der Waals surface area contributed by atoms with E-state index < -0.39 is 6.61 Å². The topological polar surface area (TPSA) is 80.3 Å². The predicted molar refractivity (Wildman–Crippen MR) is 102 cm³/mol. The Labute approximate surface area is 163 Å². The summed E-state index contributed by atoms with van der Waals surface area (Å²) >= 11 is 1.20. The Bertz CT molecular complexity index is 964. The normalized spacial score (nSPS) is 10.5. The summed E-state index contributed by atoms with van der Waals surface area (Å²) in [5, 5.41) is 7.31. The van der Waals surface area contributed by atoms with Gasteiger partial charge in [0.1, 0.15) is 5.75 Å². The van der Waals surface area contributed by atoms with Crippen molar-refractivity contribution in [2.24, 2.45) is 0 Å². The number of aromatic nitrogens is 1. The number of carbonyl (C=O) groups excluding carboxylic acids is 2. The first-order valence-electron chi connectivity index (χ1n) is 8.15. The van der Waals surface area contributed by atoms with Gasteiger partial charge < -0.3 is 10.1 Å². The Balaban J connectivity index is 1.56. The van der Waals surface area contributed by atoms with Gasteiger partial charge in [-0.1, -0.05) is 24.3 Å². The minimum Gasteiger partial charge on any atom is -0.435 e. The van der Waals surface area contributed by atoms with E-state index in [1.807, 2.05) is 6.07 Å². The van der Waals surface area contributed by atoms with Gasteiger partial charge in [-0.15, -0.1) is 11.3 Å². The predicted octanol–water partition coefficient (Wildman–Crippen LogP) is 4.18. The molecule has 0 radical (unpaired) electrons. The summed E-state index contributed by atoms with van der Waals surface area (Å²) in [5.74, 6) is -0.713. The third kappa shape index (κ3) is 5.58. The zero-order valence-electron chi connectivity index (χ0n) is 14.4. The van der Waals surface area contributed by atoms with Crippen LogP contribution < -0.4 is 15.4 Å². The molecule has 0 unspecified atom stereocenters. The second-order valence-electron chi connectivity index (χ2n) is 5.60. The molecular formula is C19H15F2N3O3S. The van der Waals surface area contributed by atoms with Gasteiger partial charge in [0.05, 0.1) is 12.1 Å². The fourth-order valence-electron chi connectivity index (χ4n) is 2.32. The van der Waals surface area contributed by atoms with Crippen LogP contribution in [0, 0.1) is 0 Å². The molecule has 0 aliphatic rings. The van der Waals surface area contributed by atoms with Crippen LogP contribution in [-0.2, 0) is 11.2 Å². The molecule has 0 saturated heterocycles. The standard InChI is InChI=1S/C19H15F2N3O3S/c20-18(21)27-15-8-4-7-13(9-15)22-16(25)10-14-11-28-19(23-14)24-17(26)12-5-2-1-3-6-12/h1-9,11,18H,10H2,(H,22,25)(H,23,24,26). The molecule has 2 N–H and O–H groups in total. The molecule has 2 amide bonds. The number of nitrogens with one attached hydrogen (secondary N) is 2. The smallest absolute Gasteiger partial charge is 0.387 e. The molecule has 6 nitrogen and oxygen atoms in total. The lowest BCUT2D eigenvalue weighted by atomic mass is 10.2. The Kier molecular flexibility index (Phi) is 6.28. The Morgan fingerprint density at radius 3 is 2.61 bits per heavy atom. The quantitative estimate of drug-likeness (QED) is 0.620. The number of amides is 2. The van der Waals surface area contributed by atoms with Crippen molar-refractivity contribution < 1.29 is 23.1 Å². The molecule has 0 fully saturated rings. The summed E-state index contributed by atoms with van der Waals surface area (Å²) in [4.78, 5) is 28.5. The van der Waals surface area contributed by atoms with Gasteiger partial charge >= 0.3 is 6.61 Å². The largest absolute Gasteiger partial charge is 0.435 e. The van der Waals surface area contributed by atoms with Crippen molar-refractivity contribution in [1.29, 1.82) is 0 Å². The van der Waals surface area contributed by atoms with Crippen LogP contribution in [0.15, 0.2) is 60.0 Å². The van der Waals surface area contributed by atoms with Gasteiger partial charge in [-0.05, 0) is 24.3 Å². The van der Waals surface area contributed by atoms with Crippen LogP contribution in [0.1, 0.15) is 16.1 Å². The number of hydrogen-bond donors (Lipinski definition) is 2. The SMILES string of the molecule is O=C(Cc1csc(NC(=O)c2ccccc2)n1)Nc1cccc(OC(F)F)c1. The van der Waals surface area contributed by atoms with Crippen LogP contribution in [0.5, 0.6) is 5.75 Å². The van der Waals surface area contributed by atoms with Crippen LogP contribution >= 0.6 is 11.3 Å². The number of anilines is 2. The first-order valence-corrected chi connectivity index (χ1v) is 9.03. The van der Waals surface area contributed by atoms with Crippen LogP contribution in [0.3, 0.4) is 0 Å². The van der Waals surface area contributed by atoms with E-state index in [0.29, 0.717) is 22.1 Å². The van der Waals surface area contributed by atoms with E-state index in [0.717, 1.165) is 0 Å². The summed E-state index contributed by atoms with van der Waals surface area (Å²) in [7, 11) is 0. The summed E-state index contributed by atoms with van der Waals surface area (Å²) in [5.41, 5.74) is 1.31. The maximum Gasteiger partial charge on any atom is 0.387 e. The Morgan fingerprint density at radius 1 is 1.07 bits per heavy atom. The van der Waals surface area contributed by atoms with E-state index in [-0.39, 0.29) is 24.0 Å². The lowest BCUT2D eigenvalue weighted by Crippen LogP contribution is -2.15. The van der Waals surface area contributed by atoms with Gasteiger partial charge in [0.25, 0.3) is 5.91 Å². The van der Waals surface area contributed by atoms with E-state index in [1.165, 1.54) is 29.5 Å². The number of rotatable bonds is 7. The van der Waals surface area contributed by atoms with Gasteiger partial charge in [0, 0.05) is 22.7 Å². The van der Waals surface area contributed by atoms with E-state index >= 15 is 0 Å². The second kappa shape index (κ2) is 9.05. The van der Waals surface area contributed by atoms with Crippen molar-refractivity contribution >= 4 is 34.0 Å². The lowest BCUT2D eigenvalue weighted by molar-refractivity contribution is -0.115. The van der Waals surface area contributed by atoms with Crippen molar-refractivity contribution in [3.63, 3.8) is 0 Å². The highest BCUT2D eigenvalue weighted by Gasteiger charge is 2.12. The van der Waals surface area contributed by atoms with Gasteiger partial charge in [-0.2, -0.15) is 8.78 Å². The van der Waals surface area contributed by atoms with Crippen molar-refractivity contribution in [3.8, 4) is 5.75 Å². The van der Waals surface area contributed by atoms with Gasteiger partial charge in [-0.25, -0.2) is 4.98 Å². The third-order valence-electron chi connectivity index (χ3n) is 3.49. The zero-order valence-corrected chi connectivity index (χ0v) is 15.2. The minimum absolute atomic E-state index is 0.0301. The Morgan fingerprint density at radius 2 is 1.86 bits per heavy atom. The van der Waals surface area contributed by atoms with Gasteiger partial charge in [0.15, 0.2) is 5.13 Å². The molecule has 0 bridgehead atoms. The molecule has 0 atom stereocenters. The maximum absolute atomic E-state index is 12.3. The first kappa shape index (κ1) is 19.4. The fraction of sp³-hybridized carbons (Fsp3) is 0.105. The highest BCUT2D eigenvalue weighted by molar-refractivity contribution is 7.14. The molecule has 1 aromatic heterocycles. The second-order valence-corrected chi connectivity index (χ2v) is 6.45. The average molecular weight is 403 g/mol. The minimum atomic E-state index is -2.94. The number of carbonyl (C=O) groups is 2. The van der Waals surface area contributed by atoms with E-state index in [2.05, 4.69) is 20.4 Å². The zero-order chi connectivity index (χ0) is 19.9. The molecule has 0 saturated carbocycles. The number of ether oxygens (including phenoxy) is 1. The summed E-state index contributed by atoms with van der Waals surface area (Å²) < 4.78 is 28.8. The molecule has 0 aliphatic heterocycles. The van der Waals surface area contributed by atoms with Crippen molar-refractivity contribution in [3.05, 3.63) is 71.2 Å². The number of thiazole rings is 1. The van der Waals surface area contributed by atoms with Crippen molar-refractivity contribution in [1.82, 2.24) is 4.98 Å². The van der Waals surface area contributed by atoms with Crippen LogP contribution in [0.25, 0.3) is 0 Å². The molecule has 3 rings (SSSR count). The van der Waals surface area contributed by atoms with Crippen LogP contribution in [-0.4, -0.2) is 23.4 Å². The molecule has 1 heterocycles. The average Bonchev–Trinajstić information content (AvgIpc) is 3.08. The van der Waals surface area contributed by atoms with Gasteiger partial charge in [-0.3, -0.25) is 14.9 Å². The molecule has 9 heteroatoms. The molecule has 2 aromatic carbocycles. The summed E-state index contributed by atoms with van der Waals surface area (Å²) in [6.45, 7) is -2.94. The summed E-state index contributed by atoms with van der Waals surface area (Å²) in [6.07, 6.45) is -0.0301. The first-order chi connectivity index (χ1) is 13.5. The Hall–Kier alpha value is -3.33. The van der Waals surface area contributed by atoms with Crippen LogP contribution in [0.2, 0.25) is 0 Å². The molecule has 144 valence electrons. The molecule has 28 heavy (non-hydrogen) atoms. The number of hydrogen-bond acceptors (Lipinski definition) is 5. The van der Waals surface area contributed by atoms with E-state index in [4.69, 9.17) is 0 Å². The monoisotopic (exact) mass is 403 g/mol. The van der Waals surface area contributed by atoms with E-state index in [9.17, 15) is 18.4 Å². The van der Waals surface area contributed by atoms with Crippen LogP contribution in [0.4, 0.5) is 19.6 Å². The highest BCUT2D eigenvalue weighted by atomic mass is 32.1. The third-order valence-corrected chi connectivity index (χ3v) is 4.30. The number of nitrogens with zero attached hydrogens (tertiary/aromatic N) is 1. The van der Waals surface area contributed by atoms with Gasteiger partial charge in [0.2, 0.25) is 5.91 Å². The number of halogens is 2. The van der Waals surface area contributed by atoms with Crippen molar-refractivity contribution in [2.45, 2.75) is 13.0 Å². The molecule has 3 aromatic rings. The molecule has 0 spiro atoms. The molecular weight excluding hydrogens is 388 g/mol. The highest BCUT2D eigenvalue weighted by Crippen LogP contribution is 2.20. The number of benzene rings is 2. The number of alkyl halides is 2. The lowest BCUT2D eigenvalue weighted by Gasteiger charge is -2.08. The fourth-order valence-corrected chi connectivity index (χ4v) is 3.03. The maximum atomic E-state index is 12.3. The van der Waals surface area contributed by atoms with Crippen molar-refractivity contribution in [2.75, 3.05) is 10.6 Å². The summed E-state index contributed by atoms with van der Waals surface area (Å²) in [6, 6.07) is 14.4. The molecule has 0 aliphatic carbocycles.